The molecule has 4 nitrogen and oxygen atoms in total. The third kappa shape index (κ3) is 3.06. The van der Waals surface area contributed by atoms with Crippen molar-refractivity contribution >= 4 is 23.2 Å². The molecule has 1 aromatic heterocycles. The van der Waals surface area contributed by atoms with Gasteiger partial charge < -0.3 is 10.5 Å². The molecule has 1 aromatic carbocycles. The minimum Gasteiger partial charge on any atom is -0.436 e. The number of nitrogens with two attached hydrogens (primary N) is 1. The summed E-state index contributed by atoms with van der Waals surface area (Å²) in [6.07, 6.45) is 0. The molecule has 17 heavy (non-hydrogen) atoms. The fourth-order valence-electron chi connectivity index (χ4n) is 1.18. The third-order valence-electron chi connectivity index (χ3n) is 2.01. The zero-order valence-corrected chi connectivity index (χ0v) is 10.2. The molecule has 0 unspecified atom stereocenters. The maximum absolute atomic E-state index is 5.95. The monoisotopic (exact) mass is 269 g/mol. The number of hydrogen-bond acceptors (Lipinski definition) is 4. The molecule has 0 fully saturated rings. The second-order valence-electron chi connectivity index (χ2n) is 3.24. The number of benzene rings is 1. The second-order valence-corrected chi connectivity index (χ2v) is 4.09. The number of halogens is 2. The number of nitrogens with zero attached hydrogens (tertiary/aromatic N) is 2. The molecular formula is C11H9Cl2N3O. The van der Waals surface area contributed by atoms with Gasteiger partial charge in [-0.15, -0.1) is 5.10 Å². The summed E-state index contributed by atoms with van der Waals surface area (Å²) >= 11 is 11.8. The van der Waals surface area contributed by atoms with Gasteiger partial charge in [-0.05, 0) is 18.2 Å². The SMILES string of the molecule is NCc1ccc(Oc2cc(Cl)ccc2Cl)nn1. The van der Waals surface area contributed by atoms with Crippen LogP contribution in [0.1, 0.15) is 5.69 Å². The Balaban J connectivity index is 2.22. The van der Waals surface area contributed by atoms with E-state index in [9.17, 15) is 0 Å². The van der Waals surface area contributed by atoms with Crippen molar-refractivity contribution in [1.29, 1.82) is 0 Å². The average Bonchev–Trinajstić information content (AvgIpc) is 2.35. The molecule has 1 heterocycles. The van der Waals surface area contributed by atoms with Crippen LogP contribution in [0.25, 0.3) is 0 Å². The number of ether oxygens (including phenoxy) is 1. The Bertz CT molecular complexity index is 517. The molecular weight excluding hydrogens is 261 g/mol. The molecule has 0 aliphatic rings. The van der Waals surface area contributed by atoms with Gasteiger partial charge in [0.2, 0.25) is 5.88 Å². The largest absolute Gasteiger partial charge is 0.436 e. The van der Waals surface area contributed by atoms with E-state index in [-0.39, 0.29) is 0 Å². The van der Waals surface area contributed by atoms with E-state index in [4.69, 9.17) is 33.7 Å². The highest BCUT2D eigenvalue weighted by Crippen LogP contribution is 2.30. The average molecular weight is 270 g/mol. The third-order valence-corrected chi connectivity index (χ3v) is 2.56. The molecule has 0 aliphatic carbocycles. The van der Waals surface area contributed by atoms with Crippen LogP contribution < -0.4 is 10.5 Å². The maximum atomic E-state index is 5.95. The van der Waals surface area contributed by atoms with Crippen LogP contribution in [0.2, 0.25) is 10.0 Å². The summed E-state index contributed by atoms with van der Waals surface area (Å²) in [5.41, 5.74) is 6.10. The highest BCUT2D eigenvalue weighted by molar-refractivity contribution is 6.34. The van der Waals surface area contributed by atoms with Crippen molar-refractivity contribution in [3.63, 3.8) is 0 Å². The molecule has 2 N–H and O–H groups in total. The zero-order valence-electron chi connectivity index (χ0n) is 8.73. The van der Waals surface area contributed by atoms with E-state index in [2.05, 4.69) is 10.2 Å². The first-order valence-corrected chi connectivity index (χ1v) is 5.60. The fourth-order valence-corrected chi connectivity index (χ4v) is 1.50. The first kappa shape index (κ1) is 12.1. The van der Waals surface area contributed by atoms with Gasteiger partial charge in [-0.2, -0.15) is 5.10 Å². The smallest absolute Gasteiger partial charge is 0.238 e. The summed E-state index contributed by atoms with van der Waals surface area (Å²) in [5, 5.41) is 8.73. The summed E-state index contributed by atoms with van der Waals surface area (Å²) in [4.78, 5) is 0. The van der Waals surface area contributed by atoms with Crippen molar-refractivity contribution in [3.8, 4) is 11.6 Å². The lowest BCUT2D eigenvalue weighted by molar-refractivity contribution is 0.454. The normalized spacial score (nSPS) is 10.3. The standard InChI is InChI=1S/C11H9Cl2N3O/c12-7-1-3-9(13)10(5-7)17-11-4-2-8(6-14)15-16-11/h1-5H,6,14H2. The lowest BCUT2D eigenvalue weighted by atomic mass is 10.3. The van der Waals surface area contributed by atoms with Crippen LogP contribution in [-0.2, 0) is 6.54 Å². The summed E-state index contributed by atoms with van der Waals surface area (Å²) in [7, 11) is 0. The predicted molar refractivity (Wildman–Crippen MR) is 66.5 cm³/mol. The molecule has 88 valence electrons. The van der Waals surface area contributed by atoms with E-state index >= 15 is 0 Å². The quantitative estimate of drug-likeness (QED) is 0.931. The lowest BCUT2D eigenvalue weighted by Crippen LogP contribution is -2.01. The van der Waals surface area contributed by atoms with Gasteiger partial charge in [0.05, 0.1) is 10.7 Å². The van der Waals surface area contributed by atoms with E-state index in [0.29, 0.717) is 33.9 Å². The topological polar surface area (TPSA) is 61.0 Å². The molecule has 0 aliphatic heterocycles. The van der Waals surface area contributed by atoms with Crippen molar-refractivity contribution in [2.75, 3.05) is 0 Å². The van der Waals surface area contributed by atoms with Gasteiger partial charge in [0.25, 0.3) is 0 Å². The van der Waals surface area contributed by atoms with Crippen LogP contribution in [-0.4, -0.2) is 10.2 Å². The van der Waals surface area contributed by atoms with Gasteiger partial charge in [-0.3, -0.25) is 0 Å². The van der Waals surface area contributed by atoms with Gasteiger partial charge in [0.15, 0.2) is 0 Å². The number of aromatic nitrogens is 2. The molecule has 0 spiro atoms. The molecule has 0 radical (unpaired) electrons. The predicted octanol–water partition coefficient (Wildman–Crippen LogP) is 3.03. The highest BCUT2D eigenvalue weighted by atomic mass is 35.5. The fraction of sp³-hybridized carbons (Fsp3) is 0.0909. The van der Waals surface area contributed by atoms with Crippen molar-refractivity contribution in [2.45, 2.75) is 6.54 Å². The highest BCUT2D eigenvalue weighted by Gasteiger charge is 2.05. The van der Waals surface area contributed by atoms with E-state index in [1.807, 2.05) is 0 Å². The van der Waals surface area contributed by atoms with Crippen LogP contribution >= 0.6 is 23.2 Å². The van der Waals surface area contributed by atoms with E-state index < -0.39 is 0 Å². The molecule has 0 atom stereocenters. The summed E-state index contributed by atoms with van der Waals surface area (Å²) in [6.45, 7) is 0.338. The van der Waals surface area contributed by atoms with Gasteiger partial charge in [-0.1, -0.05) is 23.2 Å². The summed E-state index contributed by atoms with van der Waals surface area (Å²) in [6, 6.07) is 8.36. The van der Waals surface area contributed by atoms with Crippen molar-refractivity contribution < 1.29 is 4.74 Å². The maximum Gasteiger partial charge on any atom is 0.238 e. The molecule has 2 aromatic rings. The van der Waals surface area contributed by atoms with Crippen LogP contribution in [0, 0.1) is 0 Å². The second kappa shape index (κ2) is 5.31. The van der Waals surface area contributed by atoms with Gasteiger partial charge in [-0.25, -0.2) is 0 Å². The molecule has 6 heteroatoms. The molecule has 0 amide bonds. The lowest BCUT2D eigenvalue weighted by Gasteiger charge is -2.06. The summed E-state index contributed by atoms with van der Waals surface area (Å²) < 4.78 is 5.46. The first-order valence-electron chi connectivity index (χ1n) is 4.84. The van der Waals surface area contributed by atoms with E-state index in [0.717, 1.165) is 0 Å². The summed E-state index contributed by atoms with van der Waals surface area (Å²) in [5.74, 6) is 0.778. The number of rotatable bonds is 3. The Labute approximate surface area is 108 Å². The number of hydrogen-bond donors (Lipinski definition) is 1. The molecule has 0 saturated carbocycles. The molecule has 0 bridgehead atoms. The van der Waals surface area contributed by atoms with Gasteiger partial charge >= 0.3 is 0 Å². The zero-order chi connectivity index (χ0) is 12.3. The van der Waals surface area contributed by atoms with Crippen molar-refractivity contribution in [1.82, 2.24) is 10.2 Å². The van der Waals surface area contributed by atoms with Crippen molar-refractivity contribution in [3.05, 3.63) is 46.1 Å². The first-order chi connectivity index (χ1) is 8.19. The molecule has 2 rings (SSSR count). The Kier molecular flexibility index (Phi) is 3.78. The van der Waals surface area contributed by atoms with E-state index in [1.165, 1.54) is 0 Å². The van der Waals surface area contributed by atoms with E-state index in [1.54, 1.807) is 30.3 Å². The van der Waals surface area contributed by atoms with Crippen LogP contribution in [0.3, 0.4) is 0 Å². The minimum atomic E-state index is 0.338. The Morgan fingerprint density at radius 2 is 1.94 bits per heavy atom. The van der Waals surface area contributed by atoms with Crippen LogP contribution in [0.15, 0.2) is 30.3 Å². The Hall–Kier alpha value is -1.36. The van der Waals surface area contributed by atoms with Gasteiger partial charge in [0, 0.05) is 23.7 Å². The van der Waals surface area contributed by atoms with Crippen LogP contribution in [0.4, 0.5) is 0 Å². The molecule has 0 saturated heterocycles. The van der Waals surface area contributed by atoms with Crippen LogP contribution in [0.5, 0.6) is 11.6 Å². The Morgan fingerprint density at radius 3 is 2.59 bits per heavy atom. The van der Waals surface area contributed by atoms with Crippen molar-refractivity contribution in [2.24, 2.45) is 5.73 Å². The van der Waals surface area contributed by atoms with Gasteiger partial charge in [0.1, 0.15) is 5.75 Å². The Morgan fingerprint density at radius 1 is 1.12 bits per heavy atom. The minimum absolute atomic E-state index is 0.338.